The molecule has 0 bridgehead atoms. The molecular weight excluding hydrogens is 246 g/mol. The van der Waals surface area contributed by atoms with Crippen molar-refractivity contribution in [3.05, 3.63) is 47.6 Å². The predicted octanol–water partition coefficient (Wildman–Crippen LogP) is 3.48. The van der Waals surface area contributed by atoms with Gasteiger partial charge in [-0.2, -0.15) is 5.10 Å². The average Bonchev–Trinajstić information content (AvgIpc) is 2.71. The molecule has 0 atom stereocenters. The number of nitrogens with two attached hydrogens (primary N) is 1. The van der Waals surface area contributed by atoms with Crippen LogP contribution in [0.4, 0.5) is 5.69 Å². The van der Waals surface area contributed by atoms with Crippen molar-refractivity contribution in [1.29, 1.82) is 0 Å². The molecule has 0 aliphatic heterocycles. The third kappa shape index (κ3) is 1.73. The van der Waals surface area contributed by atoms with Gasteiger partial charge in [0.05, 0.1) is 11.7 Å². The van der Waals surface area contributed by atoms with Crippen molar-refractivity contribution < 1.29 is 0 Å². The second-order valence-corrected chi connectivity index (χ2v) is 4.71. The van der Waals surface area contributed by atoms with Crippen molar-refractivity contribution in [2.45, 2.75) is 0 Å². The molecular formula is C14H12ClN3. The summed E-state index contributed by atoms with van der Waals surface area (Å²) in [7, 11) is 1.92. The van der Waals surface area contributed by atoms with E-state index in [1.165, 1.54) is 0 Å². The summed E-state index contributed by atoms with van der Waals surface area (Å²) in [6.07, 6.45) is 1.82. The Bertz CT molecular complexity index is 714. The van der Waals surface area contributed by atoms with Crippen molar-refractivity contribution in [3.8, 4) is 11.1 Å². The van der Waals surface area contributed by atoms with E-state index in [2.05, 4.69) is 11.2 Å². The van der Waals surface area contributed by atoms with E-state index in [1.807, 2.05) is 48.3 Å². The van der Waals surface area contributed by atoms with E-state index >= 15 is 0 Å². The van der Waals surface area contributed by atoms with Crippen LogP contribution in [0.25, 0.3) is 22.0 Å². The minimum atomic E-state index is 0.721. The SMILES string of the molecule is Cn1ncc2cc(N)c(-c3ccc(Cl)cc3)cc21. The van der Waals surface area contributed by atoms with Crippen LogP contribution in [0.15, 0.2) is 42.6 Å². The van der Waals surface area contributed by atoms with E-state index in [-0.39, 0.29) is 0 Å². The second-order valence-electron chi connectivity index (χ2n) is 4.27. The maximum atomic E-state index is 6.10. The molecule has 4 heteroatoms. The number of hydrogen-bond acceptors (Lipinski definition) is 2. The zero-order valence-electron chi connectivity index (χ0n) is 9.89. The first kappa shape index (κ1) is 11.1. The summed E-state index contributed by atoms with van der Waals surface area (Å²) in [6.45, 7) is 0. The molecule has 0 radical (unpaired) electrons. The fraction of sp³-hybridized carbons (Fsp3) is 0.0714. The molecule has 3 nitrogen and oxygen atoms in total. The first-order valence-electron chi connectivity index (χ1n) is 5.62. The topological polar surface area (TPSA) is 43.8 Å². The van der Waals surface area contributed by atoms with Gasteiger partial charge in [0.15, 0.2) is 0 Å². The van der Waals surface area contributed by atoms with E-state index in [0.717, 1.165) is 32.7 Å². The molecule has 1 heterocycles. The van der Waals surface area contributed by atoms with E-state index in [0.29, 0.717) is 0 Å². The molecule has 90 valence electrons. The molecule has 0 aliphatic rings. The number of hydrogen-bond donors (Lipinski definition) is 1. The Morgan fingerprint density at radius 3 is 2.61 bits per heavy atom. The van der Waals surface area contributed by atoms with Gasteiger partial charge in [-0.3, -0.25) is 4.68 Å². The van der Waals surface area contributed by atoms with Gasteiger partial charge in [-0.05, 0) is 29.8 Å². The molecule has 0 saturated carbocycles. The van der Waals surface area contributed by atoms with Crippen molar-refractivity contribution in [2.75, 3.05) is 5.73 Å². The van der Waals surface area contributed by atoms with Crippen molar-refractivity contribution in [1.82, 2.24) is 9.78 Å². The van der Waals surface area contributed by atoms with Gasteiger partial charge < -0.3 is 5.73 Å². The number of rotatable bonds is 1. The standard InChI is InChI=1S/C14H12ClN3/c1-18-14-7-12(9-2-4-11(15)5-3-9)13(16)6-10(14)8-17-18/h2-8H,16H2,1H3. The van der Waals surface area contributed by atoms with Crippen LogP contribution in [0.3, 0.4) is 0 Å². The molecule has 0 fully saturated rings. The molecule has 0 aliphatic carbocycles. The summed E-state index contributed by atoms with van der Waals surface area (Å²) >= 11 is 5.90. The number of nitrogens with zero attached hydrogens (tertiary/aromatic N) is 2. The van der Waals surface area contributed by atoms with Gasteiger partial charge in [-0.1, -0.05) is 23.7 Å². The van der Waals surface area contributed by atoms with Gasteiger partial charge in [0.25, 0.3) is 0 Å². The lowest BCUT2D eigenvalue weighted by molar-refractivity contribution is 0.797. The molecule has 1 aromatic heterocycles. The molecule has 18 heavy (non-hydrogen) atoms. The lowest BCUT2D eigenvalue weighted by atomic mass is 10.0. The molecule has 0 amide bonds. The van der Waals surface area contributed by atoms with Gasteiger partial charge in [0, 0.05) is 28.7 Å². The van der Waals surface area contributed by atoms with Crippen LogP contribution in [-0.2, 0) is 7.05 Å². The Labute approximate surface area is 110 Å². The molecule has 3 aromatic rings. The zero-order chi connectivity index (χ0) is 12.7. The quantitative estimate of drug-likeness (QED) is 0.679. The normalized spacial score (nSPS) is 11.0. The van der Waals surface area contributed by atoms with Crippen LogP contribution in [0.5, 0.6) is 0 Å². The Morgan fingerprint density at radius 2 is 1.89 bits per heavy atom. The molecule has 0 unspecified atom stereocenters. The minimum absolute atomic E-state index is 0.721. The monoisotopic (exact) mass is 257 g/mol. The summed E-state index contributed by atoms with van der Waals surface area (Å²) in [5, 5.41) is 6.00. The van der Waals surface area contributed by atoms with Gasteiger partial charge in [0.1, 0.15) is 0 Å². The Balaban J connectivity index is 2.24. The van der Waals surface area contributed by atoms with Crippen LogP contribution in [0.1, 0.15) is 0 Å². The summed E-state index contributed by atoms with van der Waals surface area (Å²) in [5.74, 6) is 0. The highest BCUT2D eigenvalue weighted by atomic mass is 35.5. The van der Waals surface area contributed by atoms with Crippen LogP contribution in [0, 0.1) is 0 Å². The van der Waals surface area contributed by atoms with Crippen LogP contribution >= 0.6 is 11.6 Å². The Kier molecular flexibility index (Phi) is 2.49. The maximum absolute atomic E-state index is 6.10. The summed E-state index contributed by atoms with van der Waals surface area (Å²) < 4.78 is 1.84. The maximum Gasteiger partial charge on any atom is 0.0686 e. The first-order valence-corrected chi connectivity index (χ1v) is 6.00. The number of fused-ring (bicyclic) bond motifs is 1. The number of aryl methyl sites for hydroxylation is 1. The smallest absolute Gasteiger partial charge is 0.0686 e. The van der Waals surface area contributed by atoms with Gasteiger partial charge >= 0.3 is 0 Å². The third-order valence-electron chi connectivity index (χ3n) is 3.07. The predicted molar refractivity (Wildman–Crippen MR) is 75.6 cm³/mol. The fourth-order valence-corrected chi connectivity index (χ4v) is 2.22. The number of benzene rings is 2. The highest BCUT2D eigenvalue weighted by molar-refractivity contribution is 6.30. The zero-order valence-corrected chi connectivity index (χ0v) is 10.6. The Morgan fingerprint density at radius 1 is 1.17 bits per heavy atom. The van der Waals surface area contributed by atoms with E-state index in [9.17, 15) is 0 Å². The third-order valence-corrected chi connectivity index (χ3v) is 3.32. The number of aromatic nitrogens is 2. The van der Waals surface area contributed by atoms with Crippen LogP contribution in [0.2, 0.25) is 5.02 Å². The fourth-order valence-electron chi connectivity index (χ4n) is 2.10. The van der Waals surface area contributed by atoms with Gasteiger partial charge in [-0.25, -0.2) is 0 Å². The lowest BCUT2D eigenvalue weighted by Crippen LogP contribution is -1.93. The van der Waals surface area contributed by atoms with Crippen LogP contribution in [-0.4, -0.2) is 9.78 Å². The summed E-state index contributed by atoms with van der Waals surface area (Å²) in [4.78, 5) is 0. The van der Waals surface area contributed by atoms with Crippen molar-refractivity contribution >= 4 is 28.2 Å². The van der Waals surface area contributed by atoms with Crippen molar-refractivity contribution in [3.63, 3.8) is 0 Å². The molecule has 2 aromatic carbocycles. The molecule has 0 saturated heterocycles. The highest BCUT2D eigenvalue weighted by Crippen LogP contribution is 2.31. The van der Waals surface area contributed by atoms with E-state index < -0.39 is 0 Å². The van der Waals surface area contributed by atoms with Crippen molar-refractivity contribution in [2.24, 2.45) is 7.05 Å². The molecule has 3 rings (SSSR count). The average molecular weight is 258 g/mol. The number of anilines is 1. The van der Waals surface area contributed by atoms with E-state index in [4.69, 9.17) is 17.3 Å². The van der Waals surface area contributed by atoms with Gasteiger partial charge in [-0.15, -0.1) is 0 Å². The Hall–Kier alpha value is -2.00. The highest BCUT2D eigenvalue weighted by Gasteiger charge is 2.07. The summed E-state index contributed by atoms with van der Waals surface area (Å²) in [6, 6.07) is 11.7. The molecule has 2 N–H and O–H groups in total. The minimum Gasteiger partial charge on any atom is -0.398 e. The van der Waals surface area contributed by atoms with Crippen LogP contribution < -0.4 is 5.73 Å². The lowest BCUT2D eigenvalue weighted by Gasteiger charge is -2.07. The number of nitrogen functional groups attached to an aromatic ring is 1. The largest absolute Gasteiger partial charge is 0.398 e. The van der Waals surface area contributed by atoms with Gasteiger partial charge in [0.2, 0.25) is 0 Å². The van der Waals surface area contributed by atoms with E-state index in [1.54, 1.807) is 0 Å². The summed E-state index contributed by atoms with van der Waals surface area (Å²) in [5.41, 5.74) is 9.97. The second kappa shape index (κ2) is 4.03. The number of halogens is 1. The first-order chi connectivity index (χ1) is 8.65. The molecule has 0 spiro atoms.